The van der Waals surface area contributed by atoms with Crippen LogP contribution in [0.4, 0.5) is 13.2 Å². The number of aromatic amines is 1. The molecule has 52 heavy (non-hydrogen) atoms. The quantitative estimate of drug-likeness (QED) is 0.178. The van der Waals surface area contributed by atoms with Crippen molar-refractivity contribution in [2.75, 3.05) is 11.5 Å². The largest absolute Gasteiger partial charge is 0.478 e. The van der Waals surface area contributed by atoms with Crippen molar-refractivity contribution in [3.8, 4) is 22.9 Å². The van der Waals surface area contributed by atoms with Crippen molar-refractivity contribution >= 4 is 32.8 Å². The maximum absolute atomic E-state index is 15.7. The van der Waals surface area contributed by atoms with Crippen molar-refractivity contribution in [3.05, 3.63) is 99.8 Å². The summed E-state index contributed by atoms with van der Waals surface area (Å²) in [5.74, 6) is -4.63. The number of nitrogens with one attached hydrogen (secondary N) is 1. The summed E-state index contributed by atoms with van der Waals surface area (Å²) in [6, 6.07) is 11.0. The summed E-state index contributed by atoms with van der Waals surface area (Å²) in [4.78, 5) is 19.2. The van der Waals surface area contributed by atoms with E-state index in [9.17, 15) is 18.3 Å². The maximum Gasteiger partial charge on any atom is 0.331 e. The Bertz CT molecular complexity index is 2360. The number of H-pyrrole nitrogens is 1. The minimum Gasteiger partial charge on any atom is -0.478 e. The first kappa shape index (κ1) is 36.9. The minimum atomic E-state index is -3.71. The molecule has 0 fully saturated rings. The Morgan fingerprint density at radius 1 is 1.06 bits per heavy atom. The summed E-state index contributed by atoms with van der Waals surface area (Å²) in [5, 5.41) is 14.6. The van der Waals surface area contributed by atoms with Crippen LogP contribution in [0.3, 0.4) is 0 Å². The lowest BCUT2D eigenvalue weighted by atomic mass is 9.75. The molecule has 13 heteroatoms. The van der Waals surface area contributed by atoms with Crippen molar-refractivity contribution < 1.29 is 36.2 Å². The highest BCUT2D eigenvalue weighted by atomic mass is 32.2. The van der Waals surface area contributed by atoms with Crippen LogP contribution in [-0.2, 0) is 33.5 Å². The highest BCUT2D eigenvalue weighted by Crippen LogP contribution is 2.42. The van der Waals surface area contributed by atoms with Gasteiger partial charge in [0.05, 0.1) is 28.0 Å². The van der Waals surface area contributed by atoms with E-state index in [4.69, 9.17) is 14.8 Å². The zero-order valence-electron chi connectivity index (χ0n) is 29.9. The molecule has 5 aromatic rings. The lowest BCUT2D eigenvalue weighted by molar-refractivity contribution is -0.132. The van der Waals surface area contributed by atoms with Crippen molar-refractivity contribution in [1.82, 2.24) is 19.7 Å². The second-order valence-corrected chi connectivity index (χ2v) is 17.0. The van der Waals surface area contributed by atoms with E-state index in [0.29, 0.717) is 30.7 Å². The van der Waals surface area contributed by atoms with E-state index in [1.54, 1.807) is 13.1 Å². The van der Waals surface area contributed by atoms with Gasteiger partial charge in [0.2, 0.25) is 5.82 Å². The molecular formula is C39H41F3N4O5S. The number of ether oxygens (including phenoxy) is 1. The third kappa shape index (κ3) is 7.23. The van der Waals surface area contributed by atoms with E-state index in [1.807, 2.05) is 45.9 Å². The summed E-state index contributed by atoms with van der Waals surface area (Å²) in [5.41, 5.74) is 1.04. The lowest BCUT2D eigenvalue weighted by Crippen LogP contribution is -2.29. The number of fused-ring (bicyclic) bond motifs is 8. The van der Waals surface area contributed by atoms with Gasteiger partial charge in [0.25, 0.3) is 0 Å². The number of rotatable bonds is 3. The normalized spacial score (nSPS) is 19.4. The van der Waals surface area contributed by atoms with Gasteiger partial charge in [0.15, 0.2) is 33.1 Å². The molecule has 0 radical (unpaired) electrons. The number of benzene rings is 3. The summed E-state index contributed by atoms with van der Waals surface area (Å²) < 4.78 is 81.4. The fourth-order valence-electron chi connectivity index (χ4n) is 7.16. The van der Waals surface area contributed by atoms with Crippen LogP contribution >= 0.6 is 0 Å². The number of carbonyl (C=O) groups is 1. The first-order valence-corrected chi connectivity index (χ1v) is 18.8. The summed E-state index contributed by atoms with van der Waals surface area (Å²) in [7, 11) is -2.08. The van der Waals surface area contributed by atoms with Gasteiger partial charge in [-0.15, -0.1) is 0 Å². The Morgan fingerprint density at radius 2 is 1.81 bits per heavy atom. The molecule has 6 rings (SSSR count). The number of aromatic nitrogens is 4. The van der Waals surface area contributed by atoms with Crippen LogP contribution in [0, 0.1) is 29.8 Å². The number of nitrogens with zero attached hydrogens (tertiary/aromatic N) is 3. The Kier molecular flexibility index (Phi) is 9.62. The molecule has 2 N–H and O–H groups in total. The van der Waals surface area contributed by atoms with Gasteiger partial charge in [-0.3, -0.25) is 0 Å². The number of aryl methyl sites for hydroxylation is 3. The molecule has 3 heterocycles. The average Bonchev–Trinajstić information content (AvgIpc) is 3.70. The number of sulfone groups is 1. The molecule has 0 aliphatic carbocycles. The molecular weight excluding hydrogens is 694 g/mol. The molecule has 1 unspecified atom stereocenters. The fourth-order valence-corrected chi connectivity index (χ4v) is 9.15. The highest BCUT2D eigenvalue weighted by Gasteiger charge is 2.36. The second kappa shape index (κ2) is 13.6. The van der Waals surface area contributed by atoms with Crippen LogP contribution < -0.4 is 4.74 Å². The van der Waals surface area contributed by atoms with Gasteiger partial charge >= 0.3 is 5.97 Å². The van der Waals surface area contributed by atoms with Crippen molar-refractivity contribution in [1.29, 1.82) is 0 Å². The second-order valence-electron chi connectivity index (χ2n) is 14.8. The molecule has 0 saturated carbocycles. The SMILES string of the molecule is C/C(=C\c1cc(C)cc(C2(C)CCCC(C)(C)CS(=O)(=O)CCc3c(c(F)c(F)c4[nH]ccc34)Oc3ccc(F)c(c3)-c3nc2nn3C)c1)C(=O)O. The summed E-state index contributed by atoms with van der Waals surface area (Å²) >= 11 is 0. The molecule has 9 nitrogen and oxygen atoms in total. The van der Waals surface area contributed by atoms with Crippen LogP contribution in [0.15, 0.2) is 54.2 Å². The molecule has 4 bridgehead atoms. The predicted octanol–water partition coefficient (Wildman–Crippen LogP) is 8.44. The Balaban J connectivity index is 1.54. The maximum atomic E-state index is 15.7. The predicted molar refractivity (Wildman–Crippen MR) is 194 cm³/mol. The van der Waals surface area contributed by atoms with E-state index in [1.165, 1.54) is 36.0 Å². The molecule has 0 saturated heterocycles. The molecule has 1 atom stereocenters. The number of hydrogen-bond donors (Lipinski definition) is 2. The van der Waals surface area contributed by atoms with Crippen LogP contribution in [0.1, 0.15) is 75.0 Å². The van der Waals surface area contributed by atoms with E-state index in [0.717, 1.165) is 17.2 Å². The highest BCUT2D eigenvalue weighted by molar-refractivity contribution is 7.91. The van der Waals surface area contributed by atoms with Crippen molar-refractivity contribution in [2.24, 2.45) is 12.5 Å². The van der Waals surface area contributed by atoms with Crippen LogP contribution in [0.25, 0.3) is 28.4 Å². The van der Waals surface area contributed by atoms with Crippen LogP contribution in [-0.4, -0.2) is 50.7 Å². The molecule has 0 amide bonds. The molecule has 2 aromatic heterocycles. The molecule has 274 valence electrons. The zero-order chi connectivity index (χ0) is 37.7. The third-order valence-electron chi connectivity index (χ3n) is 9.87. The monoisotopic (exact) mass is 734 g/mol. The van der Waals surface area contributed by atoms with E-state index in [-0.39, 0.29) is 57.1 Å². The van der Waals surface area contributed by atoms with Gasteiger partial charge in [-0.25, -0.2) is 31.7 Å². The first-order valence-electron chi connectivity index (χ1n) is 17.0. The Hall–Kier alpha value is -4.91. The van der Waals surface area contributed by atoms with Crippen LogP contribution in [0.2, 0.25) is 0 Å². The number of carboxylic acid groups (broad SMARTS) is 1. The van der Waals surface area contributed by atoms with Crippen molar-refractivity contribution in [3.63, 3.8) is 0 Å². The Labute approximate surface area is 300 Å². The van der Waals surface area contributed by atoms with Gasteiger partial charge in [-0.05, 0) is 86.9 Å². The molecule has 3 aromatic carbocycles. The van der Waals surface area contributed by atoms with Crippen molar-refractivity contribution in [2.45, 2.75) is 65.7 Å². The van der Waals surface area contributed by atoms with Gasteiger partial charge in [0, 0.05) is 29.8 Å². The number of halogens is 3. The van der Waals surface area contributed by atoms with Crippen LogP contribution in [0.5, 0.6) is 11.5 Å². The molecule has 0 spiro atoms. The average molecular weight is 735 g/mol. The van der Waals surface area contributed by atoms with E-state index >= 15 is 13.2 Å². The van der Waals surface area contributed by atoms with Gasteiger partial charge in [-0.2, -0.15) is 9.49 Å². The number of hydrogen-bond acceptors (Lipinski definition) is 6. The molecule has 1 aliphatic rings. The van der Waals surface area contributed by atoms with Gasteiger partial charge in [0.1, 0.15) is 11.6 Å². The topological polar surface area (TPSA) is 127 Å². The van der Waals surface area contributed by atoms with E-state index in [2.05, 4.69) is 4.98 Å². The Morgan fingerprint density at radius 3 is 2.54 bits per heavy atom. The van der Waals surface area contributed by atoms with E-state index < -0.39 is 49.8 Å². The van der Waals surface area contributed by atoms with Gasteiger partial charge < -0.3 is 14.8 Å². The summed E-state index contributed by atoms with van der Waals surface area (Å²) in [6.45, 7) is 9.15. The minimum absolute atomic E-state index is 0.000952. The zero-order valence-corrected chi connectivity index (χ0v) is 30.7. The number of aliphatic carboxylic acids is 1. The van der Waals surface area contributed by atoms with Gasteiger partial charge in [-0.1, -0.05) is 44.0 Å². The summed E-state index contributed by atoms with van der Waals surface area (Å²) in [6.07, 6.45) is 4.44. The molecule has 1 aliphatic heterocycles. The fraction of sp³-hybridized carbons (Fsp3) is 0.359. The lowest BCUT2D eigenvalue weighted by Gasteiger charge is -2.31. The first-order chi connectivity index (χ1) is 24.4. The number of carboxylic acids is 1. The standard InChI is InChI=1S/C39H41F3N4O5S/c1-22-16-24(18-23(2)36(47)48)19-25(17-22)39(5)13-7-12-38(3,4)21-52(49,50)15-11-28-27-10-14-43-33(27)31(41)32(42)34(28)51-26-8-9-30(40)29(20-26)35-44-37(39)45-46(35)6/h8-10,14,16-20,43H,7,11-13,15,21H2,1-6H3,(H,47,48)/b23-18+. The smallest absolute Gasteiger partial charge is 0.331 e. The third-order valence-corrected chi connectivity index (χ3v) is 11.9.